The van der Waals surface area contributed by atoms with Crippen LogP contribution in [0.4, 0.5) is 0 Å². The first kappa shape index (κ1) is 20.7. The van der Waals surface area contributed by atoms with Gasteiger partial charge in [-0.15, -0.1) is 0 Å². The molecule has 32 heavy (non-hydrogen) atoms. The molecule has 4 aromatic rings. The second kappa shape index (κ2) is 9.12. The molecule has 2 N–H and O–H groups in total. The minimum atomic E-state index is -0.151. The molecule has 1 aliphatic heterocycles. The maximum Gasteiger partial charge on any atom is 0.0573 e. The molecule has 1 fully saturated rings. The van der Waals surface area contributed by atoms with E-state index in [0.717, 1.165) is 26.1 Å². The molecule has 0 aromatic heterocycles. The van der Waals surface area contributed by atoms with E-state index in [1.54, 1.807) is 0 Å². The van der Waals surface area contributed by atoms with Gasteiger partial charge in [0.1, 0.15) is 0 Å². The van der Waals surface area contributed by atoms with Crippen molar-refractivity contribution >= 4 is 0 Å². The van der Waals surface area contributed by atoms with Gasteiger partial charge in [0.15, 0.2) is 0 Å². The van der Waals surface area contributed by atoms with Gasteiger partial charge in [0.05, 0.1) is 5.54 Å². The molecule has 0 amide bonds. The van der Waals surface area contributed by atoms with Crippen molar-refractivity contribution in [3.63, 3.8) is 0 Å². The summed E-state index contributed by atoms with van der Waals surface area (Å²) in [5.41, 5.74) is 5.17. The quantitative estimate of drug-likeness (QED) is 0.405. The van der Waals surface area contributed by atoms with E-state index >= 15 is 0 Å². The molecule has 0 aliphatic carbocycles. The van der Waals surface area contributed by atoms with E-state index in [2.05, 4.69) is 132 Å². The van der Waals surface area contributed by atoms with Crippen LogP contribution in [0.1, 0.15) is 28.7 Å². The van der Waals surface area contributed by atoms with Crippen molar-refractivity contribution in [1.29, 1.82) is 0 Å². The second-order valence-electron chi connectivity index (χ2n) is 8.88. The van der Waals surface area contributed by atoms with Crippen molar-refractivity contribution in [1.82, 2.24) is 10.6 Å². The van der Waals surface area contributed by atoms with Gasteiger partial charge >= 0.3 is 0 Å². The van der Waals surface area contributed by atoms with E-state index in [1.165, 1.54) is 22.3 Å². The summed E-state index contributed by atoms with van der Waals surface area (Å²) in [5, 5.41) is 7.76. The summed E-state index contributed by atoms with van der Waals surface area (Å²) in [4.78, 5) is 0. The number of hydrogen-bond acceptors (Lipinski definition) is 2. The van der Waals surface area contributed by atoms with Crippen LogP contribution in [-0.4, -0.2) is 13.1 Å². The Morgan fingerprint density at radius 3 is 1.59 bits per heavy atom. The van der Waals surface area contributed by atoms with Gasteiger partial charge in [0, 0.05) is 25.0 Å². The molecule has 1 atom stereocenters. The highest BCUT2D eigenvalue weighted by atomic mass is 15.1. The Balaban J connectivity index is 1.52. The fraction of sp³-hybridized carbons (Fsp3) is 0.200. The summed E-state index contributed by atoms with van der Waals surface area (Å²) < 4.78 is 0. The third-order valence-corrected chi connectivity index (χ3v) is 6.91. The average Bonchev–Trinajstić information content (AvgIpc) is 3.29. The number of benzene rings is 4. The SMILES string of the molecule is c1ccc(CNCC2(c3ccccc3)CC(c3ccccc3)(c3ccccc3)CN2)cc1. The van der Waals surface area contributed by atoms with Gasteiger partial charge in [-0.2, -0.15) is 0 Å². The predicted octanol–water partition coefficient (Wildman–Crippen LogP) is 5.65. The Kier molecular flexibility index (Phi) is 5.89. The number of nitrogens with one attached hydrogen (secondary N) is 2. The van der Waals surface area contributed by atoms with E-state index in [4.69, 9.17) is 0 Å². The molecule has 2 nitrogen and oxygen atoms in total. The number of rotatable bonds is 7. The van der Waals surface area contributed by atoms with Gasteiger partial charge in [-0.05, 0) is 28.7 Å². The van der Waals surface area contributed by atoms with Crippen molar-refractivity contribution in [2.24, 2.45) is 0 Å². The predicted molar refractivity (Wildman–Crippen MR) is 133 cm³/mol. The smallest absolute Gasteiger partial charge is 0.0573 e. The standard InChI is InChI=1S/C30H30N2/c1-5-13-25(14-6-1)21-31-24-30(28-19-11-4-12-20-28)22-29(23-32-30,26-15-7-2-8-16-26)27-17-9-3-10-18-27/h1-20,31-32H,21-24H2. The molecule has 1 unspecified atom stereocenters. The molecule has 0 radical (unpaired) electrons. The summed E-state index contributed by atoms with van der Waals surface area (Å²) in [5.74, 6) is 0. The van der Waals surface area contributed by atoms with Crippen LogP contribution >= 0.6 is 0 Å². The van der Waals surface area contributed by atoms with Gasteiger partial charge < -0.3 is 10.6 Å². The van der Waals surface area contributed by atoms with Gasteiger partial charge in [0.25, 0.3) is 0 Å². The van der Waals surface area contributed by atoms with Crippen LogP contribution in [0.2, 0.25) is 0 Å². The van der Waals surface area contributed by atoms with Crippen LogP contribution in [0.15, 0.2) is 121 Å². The summed E-state index contributed by atoms with van der Waals surface area (Å²) >= 11 is 0. The molecular formula is C30H30N2. The molecule has 0 spiro atoms. The Hall–Kier alpha value is -3.20. The third kappa shape index (κ3) is 4.00. The summed E-state index contributed by atoms with van der Waals surface area (Å²) in [6.07, 6.45) is 1.000. The van der Waals surface area contributed by atoms with Crippen LogP contribution in [0.5, 0.6) is 0 Å². The molecule has 0 bridgehead atoms. The van der Waals surface area contributed by atoms with Crippen molar-refractivity contribution in [2.75, 3.05) is 13.1 Å². The average molecular weight is 419 g/mol. The fourth-order valence-electron chi connectivity index (χ4n) is 5.25. The molecule has 2 heteroatoms. The van der Waals surface area contributed by atoms with Crippen LogP contribution in [0.25, 0.3) is 0 Å². The van der Waals surface area contributed by atoms with Gasteiger partial charge in [-0.25, -0.2) is 0 Å². The molecule has 160 valence electrons. The van der Waals surface area contributed by atoms with Crippen LogP contribution < -0.4 is 10.6 Å². The second-order valence-corrected chi connectivity index (χ2v) is 8.88. The largest absolute Gasteiger partial charge is 0.310 e. The molecule has 4 aromatic carbocycles. The Bertz CT molecular complexity index is 1070. The Labute approximate surface area is 191 Å². The zero-order valence-electron chi connectivity index (χ0n) is 18.4. The lowest BCUT2D eigenvalue weighted by molar-refractivity contribution is 0.349. The Morgan fingerprint density at radius 1 is 0.594 bits per heavy atom. The molecule has 5 rings (SSSR count). The Morgan fingerprint density at radius 2 is 1.06 bits per heavy atom. The van der Waals surface area contributed by atoms with E-state index in [-0.39, 0.29) is 11.0 Å². The molecular weight excluding hydrogens is 388 g/mol. The van der Waals surface area contributed by atoms with Crippen molar-refractivity contribution in [3.05, 3.63) is 144 Å². The highest BCUT2D eigenvalue weighted by molar-refractivity contribution is 5.45. The van der Waals surface area contributed by atoms with Gasteiger partial charge in [-0.3, -0.25) is 0 Å². The zero-order valence-corrected chi connectivity index (χ0v) is 18.4. The maximum absolute atomic E-state index is 4.00. The molecule has 0 saturated carbocycles. The van der Waals surface area contributed by atoms with Crippen molar-refractivity contribution in [3.8, 4) is 0 Å². The lowest BCUT2D eigenvalue weighted by Crippen LogP contribution is -2.45. The number of hydrogen-bond donors (Lipinski definition) is 2. The molecule has 1 saturated heterocycles. The van der Waals surface area contributed by atoms with Crippen LogP contribution in [0.3, 0.4) is 0 Å². The van der Waals surface area contributed by atoms with Crippen molar-refractivity contribution < 1.29 is 0 Å². The highest BCUT2D eigenvalue weighted by Gasteiger charge is 2.50. The maximum atomic E-state index is 4.00. The molecule has 1 aliphatic rings. The first-order valence-electron chi connectivity index (χ1n) is 11.5. The molecule has 1 heterocycles. The van der Waals surface area contributed by atoms with Gasteiger partial charge in [0.2, 0.25) is 0 Å². The van der Waals surface area contributed by atoms with E-state index < -0.39 is 0 Å². The topological polar surface area (TPSA) is 24.1 Å². The minimum Gasteiger partial charge on any atom is -0.310 e. The van der Waals surface area contributed by atoms with Crippen LogP contribution in [0, 0.1) is 0 Å². The van der Waals surface area contributed by atoms with Crippen LogP contribution in [-0.2, 0) is 17.5 Å². The normalized spacial score (nSPS) is 19.6. The first-order valence-corrected chi connectivity index (χ1v) is 11.5. The monoisotopic (exact) mass is 418 g/mol. The van der Waals surface area contributed by atoms with E-state index in [9.17, 15) is 0 Å². The first-order chi connectivity index (χ1) is 15.8. The lowest BCUT2D eigenvalue weighted by Gasteiger charge is -2.35. The fourth-order valence-corrected chi connectivity index (χ4v) is 5.25. The van der Waals surface area contributed by atoms with Crippen molar-refractivity contribution in [2.45, 2.75) is 23.9 Å². The summed E-state index contributed by atoms with van der Waals surface area (Å²) in [7, 11) is 0. The lowest BCUT2D eigenvalue weighted by atomic mass is 9.69. The summed E-state index contributed by atoms with van der Waals surface area (Å²) in [6, 6.07) is 43.6. The third-order valence-electron chi connectivity index (χ3n) is 6.91. The summed E-state index contributed by atoms with van der Waals surface area (Å²) in [6.45, 7) is 2.64. The minimum absolute atomic E-state index is 0.0766. The van der Waals surface area contributed by atoms with E-state index in [0.29, 0.717) is 0 Å². The van der Waals surface area contributed by atoms with E-state index in [1.807, 2.05) is 0 Å². The van der Waals surface area contributed by atoms with Gasteiger partial charge in [-0.1, -0.05) is 121 Å². The highest BCUT2D eigenvalue weighted by Crippen LogP contribution is 2.47. The zero-order chi connectivity index (χ0) is 21.7.